The van der Waals surface area contributed by atoms with E-state index in [1.54, 1.807) is 6.20 Å². The van der Waals surface area contributed by atoms with E-state index in [1.807, 2.05) is 42.5 Å². The summed E-state index contributed by atoms with van der Waals surface area (Å²) in [5, 5.41) is 7.08. The highest BCUT2D eigenvalue weighted by molar-refractivity contribution is 9.10. The lowest BCUT2D eigenvalue weighted by molar-refractivity contribution is 1.10. The number of hydrogen-bond donors (Lipinski definition) is 2. The summed E-state index contributed by atoms with van der Waals surface area (Å²) in [7, 11) is 0. The number of pyridine rings is 1. The lowest BCUT2D eigenvalue weighted by Crippen LogP contribution is -1.90. The summed E-state index contributed by atoms with van der Waals surface area (Å²) in [6.45, 7) is 0. The van der Waals surface area contributed by atoms with Gasteiger partial charge in [0.1, 0.15) is 0 Å². The predicted octanol–water partition coefficient (Wildman–Crippen LogP) is 3.48. The number of nitrogens with one attached hydrogen (secondary N) is 1. The molecular formula is C14H11BrN4. The topological polar surface area (TPSA) is 67.6 Å². The second kappa shape index (κ2) is 4.85. The number of halogens is 1. The van der Waals surface area contributed by atoms with Gasteiger partial charge in [-0.3, -0.25) is 10.1 Å². The molecule has 3 aromatic rings. The molecule has 3 rings (SSSR count). The van der Waals surface area contributed by atoms with Crippen LogP contribution in [0.25, 0.3) is 22.5 Å². The SMILES string of the molecule is Nc1n[nH]c(-c2cccc(Br)c2)c1-c1ccccn1. The zero-order valence-electron chi connectivity index (χ0n) is 9.97. The molecule has 0 fully saturated rings. The molecule has 94 valence electrons. The Labute approximate surface area is 118 Å². The molecule has 0 radical (unpaired) electrons. The molecule has 0 aliphatic carbocycles. The average Bonchev–Trinajstić information content (AvgIpc) is 2.82. The molecule has 0 saturated heterocycles. The number of rotatable bonds is 2. The van der Waals surface area contributed by atoms with Gasteiger partial charge in [0.25, 0.3) is 0 Å². The Bertz CT molecular complexity index is 706. The summed E-state index contributed by atoms with van der Waals surface area (Å²) < 4.78 is 1.00. The van der Waals surface area contributed by atoms with Crippen molar-refractivity contribution in [1.82, 2.24) is 15.2 Å². The van der Waals surface area contributed by atoms with E-state index < -0.39 is 0 Å². The highest BCUT2D eigenvalue weighted by Gasteiger charge is 2.15. The van der Waals surface area contributed by atoms with Gasteiger partial charge < -0.3 is 5.73 Å². The summed E-state index contributed by atoms with van der Waals surface area (Å²) >= 11 is 3.47. The fraction of sp³-hybridized carbons (Fsp3) is 0. The number of benzene rings is 1. The standard InChI is InChI=1S/C14H11BrN4/c15-10-5-3-4-9(8-10)13-12(14(16)19-18-13)11-6-1-2-7-17-11/h1-8H,(H3,16,18,19). The van der Waals surface area contributed by atoms with Crippen molar-refractivity contribution in [3.05, 3.63) is 53.1 Å². The second-order valence-corrected chi connectivity index (χ2v) is 5.00. The van der Waals surface area contributed by atoms with E-state index >= 15 is 0 Å². The van der Waals surface area contributed by atoms with Gasteiger partial charge in [0.15, 0.2) is 5.82 Å². The fourth-order valence-electron chi connectivity index (χ4n) is 1.98. The van der Waals surface area contributed by atoms with Crippen molar-refractivity contribution in [2.75, 3.05) is 5.73 Å². The number of H-pyrrole nitrogens is 1. The fourth-order valence-corrected chi connectivity index (χ4v) is 2.38. The minimum Gasteiger partial charge on any atom is -0.382 e. The zero-order valence-corrected chi connectivity index (χ0v) is 11.6. The van der Waals surface area contributed by atoms with Crippen molar-refractivity contribution in [3.63, 3.8) is 0 Å². The third kappa shape index (κ3) is 2.24. The van der Waals surface area contributed by atoms with Crippen LogP contribution in [0.4, 0.5) is 5.82 Å². The first-order valence-electron chi connectivity index (χ1n) is 5.77. The molecule has 3 N–H and O–H groups in total. The first-order valence-corrected chi connectivity index (χ1v) is 6.56. The molecule has 4 nitrogen and oxygen atoms in total. The van der Waals surface area contributed by atoms with Gasteiger partial charge in [-0.05, 0) is 24.3 Å². The average molecular weight is 315 g/mol. The van der Waals surface area contributed by atoms with Crippen LogP contribution < -0.4 is 5.73 Å². The molecule has 2 aromatic heterocycles. The predicted molar refractivity (Wildman–Crippen MR) is 79.4 cm³/mol. The van der Waals surface area contributed by atoms with Crippen LogP contribution >= 0.6 is 15.9 Å². The van der Waals surface area contributed by atoms with Gasteiger partial charge in [-0.2, -0.15) is 5.10 Å². The molecule has 0 aliphatic heterocycles. The second-order valence-electron chi connectivity index (χ2n) is 4.08. The molecule has 0 aliphatic rings. The van der Waals surface area contributed by atoms with Crippen molar-refractivity contribution in [3.8, 4) is 22.5 Å². The maximum absolute atomic E-state index is 5.95. The van der Waals surface area contributed by atoms with Crippen molar-refractivity contribution >= 4 is 21.7 Å². The summed E-state index contributed by atoms with van der Waals surface area (Å²) in [5.74, 6) is 0.452. The first kappa shape index (κ1) is 11.9. The van der Waals surface area contributed by atoms with Crippen LogP contribution in [0.15, 0.2) is 53.1 Å². The molecule has 0 bridgehead atoms. The van der Waals surface area contributed by atoms with Gasteiger partial charge in [-0.25, -0.2) is 0 Å². The minimum absolute atomic E-state index is 0.452. The van der Waals surface area contributed by atoms with Crippen molar-refractivity contribution in [2.45, 2.75) is 0 Å². The highest BCUT2D eigenvalue weighted by Crippen LogP contribution is 2.34. The van der Waals surface area contributed by atoms with E-state index in [2.05, 4.69) is 31.1 Å². The van der Waals surface area contributed by atoms with Crippen molar-refractivity contribution in [1.29, 1.82) is 0 Å². The van der Waals surface area contributed by atoms with Gasteiger partial charge in [-0.15, -0.1) is 0 Å². The number of hydrogen-bond acceptors (Lipinski definition) is 3. The smallest absolute Gasteiger partial charge is 0.155 e. The van der Waals surface area contributed by atoms with Crippen LogP contribution in [0.3, 0.4) is 0 Å². The quantitative estimate of drug-likeness (QED) is 0.761. The van der Waals surface area contributed by atoms with Crippen LogP contribution in [0.2, 0.25) is 0 Å². The van der Waals surface area contributed by atoms with E-state index in [0.717, 1.165) is 27.0 Å². The van der Waals surface area contributed by atoms with Crippen LogP contribution in [-0.4, -0.2) is 15.2 Å². The first-order chi connectivity index (χ1) is 9.25. The number of aromatic amines is 1. The third-order valence-electron chi connectivity index (χ3n) is 2.83. The maximum atomic E-state index is 5.95. The minimum atomic E-state index is 0.452. The van der Waals surface area contributed by atoms with E-state index in [0.29, 0.717) is 5.82 Å². The monoisotopic (exact) mass is 314 g/mol. The Morgan fingerprint density at radius 2 is 2.00 bits per heavy atom. The summed E-state index contributed by atoms with van der Waals surface area (Å²) in [6, 6.07) is 13.7. The number of anilines is 1. The Balaban J connectivity index is 2.19. The molecule has 0 saturated carbocycles. The summed E-state index contributed by atoms with van der Waals surface area (Å²) in [6.07, 6.45) is 1.74. The van der Waals surface area contributed by atoms with E-state index in [1.165, 1.54) is 0 Å². The van der Waals surface area contributed by atoms with Gasteiger partial charge in [-0.1, -0.05) is 34.1 Å². The largest absolute Gasteiger partial charge is 0.382 e. The summed E-state index contributed by atoms with van der Waals surface area (Å²) in [4.78, 5) is 4.34. The van der Waals surface area contributed by atoms with E-state index in [4.69, 9.17) is 5.73 Å². The Morgan fingerprint density at radius 3 is 2.74 bits per heavy atom. The van der Waals surface area contributed by atoms with Gasteiger partial charge in [0.2, 0.25) is 0 Å². The summed E-state index contributed by atoms with van der Waals surface area (Å²) in [5.41, 5.74) is 9.48. The van der Waals surface area contributed by atoms with E-state index in [9.17, 15) is 0 Å². The van der Waals surface area contributed by atoms with Crippen LogP contribution in [-0.2, 0) is 0 Å². The molecule has 0 amide bonds. The number of aromatic nitrogens is 3. The van der Waals surface area contributed by atoms with Gasteiger partial charge >= 0.3 is 0 Å². The molecule has 0 atom stereocenters. The number of nitrogen functional groups attached to an aromatic ring is 1. The Morgan fingerprint density at radius 1 is 1.11 bits per heavy atom. The Hall–Kier alpha value is -2.14. The molecular weight excluding hydrogens is 304 g/mol. The molecule has 5 heteroatoms. The number of nitrogens with zero attached hydrogens (tertiary/aromatic N) is 2. The van der Waals surface area contributed by atoms with Gasteiger partial charge in [0.05, 0.1) is 17.0 Å². The van der Waals surface area contributed by atoms with Crippen molar-refractivity contribution < 1.29 is 0 Å². The molecule has 0 spiro atoms. The number of nitrogens with two attached hydrogens (primary N) is 1. The van der Waals surface area contributed by atoms with Crippen LogP contribution in [0, 0.1) is 0 Å². The van der Waals surface area contributed by atoms with Crippen LogP contribution in [0.1, 0.15) is 0 Å². The highest BCUT2D eigenvalue weighted by atomic mass is 79.9. The molecule has 2 heterocycles. The zero-order chi connectivity index (χ0) is 13.2. The van der Waals surface area contributed by atoms with Gasteiger partial charge in [0, 0.05) is 16.2 Å². The lowest BCUT2D eigenvalue weighted by Gasteiger charge is -2.04. The molecule has 0 unspecified atom stereocenters. The van der Waals surface area contributed by atoms with E-state index in [-0.39, 0.29) is 0 Å². The Kier molecular flexibility index (Phi) is 3.05. The maximum Gasteiger partial charge on any atom is 0.155 e. The molecule has 1 aromatic carbocycles. The normalized spacial score (nSPS) is 10.6. The van der Waals surface area contributed by atoms with Crippen molar-refractivity contribution in [2.24, 2.45) is 0 Å². The third-order valence-corrected chi connectivity index (χ3v) is 3.32. The van der Waals surface area contributed by atoms with Crippen LogP contribution in [0.5, 0.6) is 0 Å². The lowest BCUT2D eigenvalue weighted by atomic mass is 10.0. The molecule has 19 heavy (non-hydrogen) atoms.